The molecule has 0 atom stereocenters. The lowest BCUT2D eigenvalue weighted by atomic mass is 10.1. The summed E-state index contributed by atoms with van der Waals surface area (Å²) in [4.78, 5) is 14.4. The molecule has 0 aliphatic carbocycles. The predicted molar refractivity (Wildman–Crippen MR) is 55.4 cm³/mol. The fourth-order valence-corrected chi connectivity index (χ4v) is 0.501. The fraction of sp³-hybridized carbons (Fsp3) is 0.400. The smallest absolute Gasteiger partial charge is 0.262 e. The van der Waals surface area contributed by atoms with E-state index in [0.717, 1.165) is 5.57 Å². The minimum atomic E-state index is -0.500. The van der Waals surface area contributed by atoms with E-state index in [9.17, 15) is 4.79 Å². The van der Waals surface area contributed by atoms with Gasteiger partial charge in [0.25, 0.3) is 5.91 Å². The van der Waals surface area contributed by atoms with Crippen molar-refractivity contribution in [1.82, 2.24) is 0 Å². The molecule has 3 nitrogen and oxygen atoms in total. The lowest BCUT2D eigenvalue weighted by Crippen LogP contribution is -2.19. The third kappa shape index (κ3) is 4.95. The number of allylic oxidation sites excluding steroid dienone is 2. The first-order valence-electron chi connectivity index (χ1n) is 4.14. The molecule has 0 heterocycles. The van der Waals surface area contributed by atoms with Gasteiger partial charge >= 0.3 is 0 Å². The number of rotatable bonds is 4. The van der Waals surface area contributed by atoms with Gasteiger partial charge in [-0.3, -0.25) is 9.79 Å². The van der Waals surface area contributed by atoms with Gasteiger partial charge < -0.3 is 5.73 Å². The van der Waals surface area contributed by atoms with Gasteiger partial charge in [-0.1, -0.05) is 26.0 Å². The highest BCUT2D eigenvalue weighted by Gasteiger charge is 1.96. The molecule has 0 aromatic carbocycles. The molecule has 2 N–H and O–H groups in total. The minimum Gasteiger partial charge on any atom is -0.365 e. The fourth-order valence-electron chi connectivity index (χ4n) is 0.501. The Bertz CT molecular complexity index is 262. The summed E-state index contributed by atoms with van der Waals surface area (Å²) >= 11 is 0. The molecule has 0 spiro atoms. The number of carbonyl (C=O) groups is 1. The average molecular weight is 180 g/mol. The standard InChI is InChI=1S/C10H16N2O/c1-7(2)8(3)5-6-12-9(4)10(11)13/h5-7H,3H2,1-2,4H3,(H2,11,13)/b6-5-,12-9+. The maximum atomic E-state index is 10.5. The molecule has 0 fully saturated rings. The number of hydrogen-bond donors (Lipinski definition) is 1. The lowest BCUT2D eigenvalue weighted by molar-refractivity contribution is -0.112. The first-order valence-corrected chi connectivity index (χ1v) is 4.14. The molecule has 0 aliphatic heterocycles. The van der Waals surface area contributed by atoms with Gasteiger partial charge in [-0.2, -0.15) is 0 Å². The van der Waals surface area contributed by atoms with Crippen LogP contribution >= 0.6 is 0 Å². The average Bonchev–Trinajstić information content (AvgIpc) is 2.03. The molecule has 0 radical (unpaired) electrons. The number of amides is 1. The first-order chi connectivity index (χ1) is 5.95. The van der Waals surface area contributed by atoms with E-state index in [1.54, 1.807) is 19.2 Å². The number of nitrogens with zero attached hydrogens (tertiary/aromatic N) is 1. The zero-order chi connectivity index (χ0) is 10.4. The highest BCUT2D eigenvalue weighted by molar-refractivity contribution is 6.37. The van der Waals surface area contributed by atoms with E-state index in [1.807, 2.05) is 13.8 Å². The number of primary amides is 1. The van der Waals surface area contributed by atoms with Crippen LogP contribution in [0.5, 0.6) is 0 Å². The van der Waals surface area contributed by atoms with Crippen molar-refractivity contribution in [3.05, 3.63) is 24.4 Å². The van der Waals surface area contributed by atoms with Crippen molar-refractivity contribution >= 4 is 11.6 Å². The molecule has 0 aliphatic rings. The number of aliphatic imine (C=N–C) groups is 1. The topological polar surface area (TPSA) is 55.4 Å². The maximum Gasteiger partial charge on any atom is 0.262 e. The van der Waals surface area contributed by atoms with Crippen molar-refractivity contribution in [2.24, 2.45) is 16.6 Å². The number of hydrogen-bond acceptors (Lipinski definition) is 2. The van der Waals surface area contributed by atoms with Crippen LogP contribution in [0.3, 0.4) is 0 Å². The molecule has 0 unspecified atom stereocenters. The van der Waals surface area contributed by atoms with E-state index < -0.39 is 5.91 Å². The molecule has 72 valence electrons. The van der Waals surface area contributed by atoms with Crippen LogP contribution < -0.4 is 5.73 Å². The third-order valence-corrected chi connectivity index (χ3v) is 1.65. The summed E-state index contributed by atoms with van der Waals surface area (Å²) in [5.74, 6) is -0.111. The quantitative estimate of drug-likeness (QED) is 0.519. The van der Waals surface area contributed by atoms with Gasteiger partial charge in [0.15, 0.2) is 0 Å². The van der Waals surface area contributed by atoms with Gasteiger partial charge in [0.05, 0.1) is 0 Å². The van der Waals surface area contributed by atoms with E-state index in [2.05, 4.69) is 11.6 Å². The lowest BCUT2D eigenvalue weighted by Gasteiger charge is -2.00. The Hall–Kier alpha value is -1.38. The largest absolute Gasteiger partial charge is 0.365 e. The minimum absolute atomic E-state index is 0.299. The molecule has 3 heteroatoms. The molecular weight excluding hydrogens is 164 g/mol. The van der Waals surface area contributed by atoms with Crippen molar-refractivity contribution in [2.75, 3.05) is 0 Å². The van der Waals surface area contributed by atoms with Gasteiger partial charge in [0, 0.05) is 6.20 Å². The van der Waals surface area contributed by atoms with Crippen LogP contribution in [-0.4, -0.2) is 11.6 Å². The van der Waals surface area contributed by atoms with Gasteiger partial charge in [-0.15, -0.1) is 0 Å². The highest BCUT2D eigenvalue weighted by atomic mass is 16.1. The van der Waals surface area contributed by atoms with Crippen molar-refractivity contribution < 1.29 is 4.79 Å². The Morgan fingerprint density at radius 1 is 1.54 bits per heavy atom. The second-order valence-electron chi connectivity index (χ2n) is 3.12. The Balaban J connectivity index is 4.23. The summed E-state index contributed by atoms with van der Waals surface area (Å²) in [5, 5.41) is 0. The number of nitrogens with two attached hydrogens (primary N) is 1. The summed E-state index contributed by atoms with van der Waals surface area (Å²) in [6, 6.07) is 0. The van der Waals surface area contributed by atoms with E-state index in [4.69, 9.17) is 5.73 Å². The summed E-state index contributed by atoms with van der Waals surface area (Å²) in [7, 11) is 0. The Morgan fingerprint density at radius 2 is 2.08 bits per heavy atom. The van der Waals surface area contributed by atoms with E-state index in [1.165, 1.54) is 0 Å². The van der Waals surface area contributed by atoms with Crippen LogP contribution in [0.2, 0.25) is 0 Å². The summed E-state index contributed by atoms with van der Waals surface area (Å²) in [6.45, 7) is 9.48. The van der Waals surface area contributed by atoms with Gasteiger partial charge in [-0.05, 0) is 18.9 Å². The monoisotopic (exact) mass is 180 g/mol. The second kappa shape index (κ2) is 5.30. The van der Waals surface area contributed by atoms with Crippen LogP contribution in [0.25, 0.3) is 0 Å². The zero-order valence-electron chi connectivity index (χ0n) is 8.37. The Kier molecular flexibility index (Phi) is 4.74. The number of carbonyl (C=O) groups excluding carboxylic acids is 1. The van der Waals surface area contributed by atoms with Crippen LogP contribution in [-0.2, 0) is 4.79 Å². The van der Waals surface area contributed by atoms with E-state index in [-0.39, 0.29) is 0 Å². The van der Waals surface area contributed by atoms with Crippen LogP contribution in [0.15, 0.2) is 29.4 Å². The highest BCUT2D eigenvalue weighted by Crippen LogP contribution is 2.07. The maximum absolute atomic E-state index is 10.5. The molecular formula is C10H16N2O. The van der Waals surface area contributed by atoms with Gasteiger partial charge in [0.2, 0.25) is 0 Å². The third-order valence-electron chi connectivity index (χ3n) is 1.65. The van der Waals surface area contributed by atoms with Gasteiger partial charge in [0.1, 0.15) is 5.71 Å². The molecule has 0 aromatic heterocycles. The summed E-state index contributed by atoms with van der Waals surface area (Å²) in [6.07, 6.45) is 3.32. The molecule has 0 aromatic rings. The SMILES string of the molecule is C=C(/C=C\N=C(/C)C(N)=O)C(C)C. The normalized spacial score (nSPS) is 12.5. The van der Waals surface area contributed by atoms with Crippen LogP contribution in [0, 0.1) is 5.92 Å². The molecule has 0 saturated carbocycles. The molecule has 0 bridgehead atoms. The van der Waals surface area contributed by atoms with Crippen molar-refractivity contribution in [3.63, 3.8) is 0 Å². The van der Waals surface area contributed by atoms with Crippen LogP contribution in [0.4, 0.5) is 0 Å². The predicted octanol–water partition coefficient (Wildman–Crippen LogP) is 1.66. The van der Waals surface area contributed by atoms with E-state index in [0.29, 0.717) is 11.6 Å². The molecule has 0 rings (SSSR count). The van der Waals surface area contributed by atoms with Gasteiger partial charge in [-0.25, -0.2) is 0 Å². The van der Waals surface area contributed by atoms with E-state index >= 15 is 0 Å². The van der Waals surface area contributed by atoms with Crippen LogP contribution in [0.1, 0.15) is 20.8 Å². The summed E-state index contributed by atoms with van der Waals surface area (Å²) in [5.41, 5.74) is 6.26. The first kappa shape index (κ1) is 11.6. The molecule has 0 saturated heterocycles. The molecule has 13 heavy (non-hydrogen) atoms. The summed E-state index contributed by atoms with van der Waals surface area (Å²) < 4.78 is 0. The van der Waals surface area contributed by atoms with Crippen molar-refractivity contribution in [2.45, 2.75) is 20.8 Å². The second-order valence-corrected chi connectivity index (χ2v) is 3.12. The van der Waals surface area contributed by atoms with Crippen molar-refractivity contribution in [3.8, 4) is 0 Å². The Labute approximate surface area is 79.0 Å². The zero-order valence-corrected chi connectivity index (χ0v) is 8.37. The van der Waals surface area contributed by atoms with Crippen molar-refractivity contribution in [1.29, 1.82) is 0 Å². The molecule has 1 amide bonds. The Morgan fingerprint density at radius 3 is 2.46 bits per heavy atom.